The second-order valence-corrected chi connectivity index (χ2v) is 6.63. The Morgan fingerprint density at radius 1 is 1.06 bits per heavy atom. The van der Waals surface area contributed by atoms with Crippen molar-refractivity contribution in [1.82, 2.24) is 0 Å². The quantitative estimate of drug-likeness (QED) is 0.623. The van der Waals surface area contributed by atoms with Crippen LogP contribution in [-0.2, 0) is 12.8 Å². The SMILES string of the molecule is BrCC(Cc1cccs1)Cc1ccccc1Br. The summed E-state index contributed by atoms with van der Waals surface area (Å²) in [7, 11) is 0. The fourth-order valence-electron chi connectivity index (χ4n) is 1.87. The van der Waals surface area contributed by atoms with Gasteiger partial charge in [0, 0.05) is 14.7 Å². The molecule has 0 N–H and O–H groups in total. The molecule has 1 atom stereocenters. The van der Waals surface area contributed by atoms with Crippen molar-refractivity contribution in [3.8, 4) is 0 Å². The third kappa shape index (κ3) is 3.94. The third-order valence-electron chi connectivity index (χ3n) is 2.75. The zero-order chi connectivity index (χ0) is 12.1. The van der Waals surface area contributed by atoms with Crippen LogP contribution in [0.4, 0.5) is 0 Å². The second kappa shape index (κ2) is 6.72. The molecule has 1 aromatic heterocycles. The summed E-state index contributed by atoms with van der Waals surface area (Å²) in [5, 5.41) is 3.20. The van der Waals surface area contributed by atoms with Crippen molar-refractivity contribution in [1.29, 1.82) is 0 Å². The normalized spacial score (nSPS) is 12.6. The molecule has 0 saturated heterocycles. The minimum absolute atomic E-state index is 0.660. The highest BCUT2D eigenvalue weighted by atomic mass is 79.9. The minimum Gasteiger partial charge on any atom is -0.149 e. The van der Waals surface area contributed by atoms with Gasteiger partial charge in [-0.2, -0.15) is 0 Å². The van der Waals surface area contributed by atoms with Gasteiger partial charge in [0.15, 0.2) is 0 Å². The lowest BCUT2D eigenvalue weighted by molar-refractivity contribution is 0.595. The predicted molar refractivity (Wildman–Crippen MR) is 83.2 cm³/mol. The van der Waals surface area contributed by atoms with Gasteiger partial charge >= 0.3 is 0 Å². The molecule has 0 nitrogen and oxygen atoms in total. The fourth-order valence-corrected chi connectivity index (χ4v) is 3.59. The Morgan fingerprint density at radius 3 is 2.53 bits per heavy atom. The van der Waals surface area contributed by atoms with Crippen molar-refractivity contribution >= 4 is 43.2 Å². The van der Waals surface area contributed by atoms with Crippen molar-refractivity contribution < 1.29 is 0 Å². The first-order valence-electron chi connectivity index (χ1n) is 5.61. The van der Waals surface area contributed by atoms with Crippen LogP contribution in [0.15, 0.2) is 46.3 Å². The summed E-state index contributed by atoms with van der Waals surface area (Å²) in [4.78, 5) is 1.47. The molecule has 0 aliphatic rings. The summed E-state index contributed by atoms with van der Waals surface area (Å²) in [5.41, 5.74) is 1.40. The van der Waals surface area contributed by atoms with Crippen LogP contribution >= 0.6 is 43.2 Å². The smallest absolute Gasteiger partial charge is 0.0207 e. The van der Waals surface area contributed by atoms with Crippen LogP contribution < -0.4 is 0 Å². The lowest BCUT2D eigenvalue weighted by Gasteiger charge is -2.14. The maximum Gasteiger partial charge on any atom is 0.0207 e. The molecular formula is C14H14Br2S. The Morgan fingerprint density at radius 2 is 1.88 bits per heavy atom. The molecule has 1 heterocycles. The largest absolute Gasteiger partial charge is 0.149 e. The summed E-state index contributed by atoms with van der Waals surface area (Å²) in [6, 6.07) is 12.8. The van der Waals surface area contributed by atoms with Crippen LogP contribution in [0, 0.1) is 5.92 Å². The lowest BCUT2D eigenvalue weighted by atomic mass is 9.97. The van der Waals surface area contributed by atoms with E-state index in [9.17, 15) is 0 Å². The van der Waals surface area contributed by atoms with Crippen molar-refractivity contribution in [3.63, 3.8) is 0 Å². The zero-order valence-corrected chi connectivity index (χ0v) is 13.4. The van der Waals surface area contributed by atoms with E-state index < -0.39 is 0 Å². The molecule has 3 heteroatoms. The molecule has 2 aromatic rings. The summed E-state index contributed by atoms with van der Waals surface area (Å²) in [5.74, 6) is 0.660. The Bertz CT molecular complexity index is 451. The second-order valence-electron chi connectivity index (χ2n) is 4.10. The Balaban J connectivity index is 2.03. The molecule has 0 aliphatic heterocycles. The van der Waals surface area contributed by atoms with E-state index in [4.69, 9.17) is 0 Å². The molecule has 0 amide bonds. The van der Waals surface area contributed by atoms with Gasteiger partial charge in [0.05, 0.1) is 0 Å². The van der Waals surface area contributed by atoms with Crippen LogP contribution in [0.5, 0.6) is 0 Å². The van der Waals surface area contributed by atoms with Crippen LogP contribution in [0.1, 0.15) is 10.4 Å². The van der Waals surface area contributed by atoms with Crippen LogP contribution in [0.3, 0.4) is 0 Å². The average molecular weight is 374 g/mol. The number of alkyl halides is 1. The molecule has 0 aliphatic carbocycles. The van der Waals surface area contributed by atoms with Gasteiger partial charge in [-0.25, -0.2) is 0 Å². The van der Waals surface area contributed by atoms with Gasteiger partial charge in [0.2, 0.25) is 0 Å². The van der Waals surface area contributed by atoms with Gasteiger partial charge < -0.3 is 0 Å². The monoisotopic (exact) mass is 372 g/mol. The first-order chi connectivity index (χ1) is 8.29. The maximum atomic E-state index is 3.63. The fraction of sp³-hybridized carbons (Fsp3) is 0.286. The molecule has 1 aromatic carbocycles. The van der Waals surface area contributed by atoms with E-state index in [1.54, 1.807) is 0 Å². The number of rotatable bonds is 5. The molecule has 2 rings (SSSR count). The van der Waals surface area contributed by atoms with E-state index in [1.807, 2.05) is 11.3 Å². The number of hydrogen-bond acceptors (Lipinski definition) is 1. The standard InChI is InChI=1S/C14H14Br2S/c15-10-11(9-13-5-3-7-17-13)8-12-4-1-2-6-14(12)16/h1-7,11H,8-10H2. The van der Waals surface area contributed by atoms with Crippen LogP contribution in [0.25, 0.3) is 0 Å². The number of thiophene rings is 1. The van der Waals surface area contributed by atoms with Gasteiger partial charge in [0.1, 0.15) is 0 Å². The van der Waals surface area contributed by atoms with Gasteiger partial charge in [-0.3, -0.25) is 0 Å². The molecular weight excluding hydrogens is 360 g/mol. The number of halogens is 2. The molecule has 0 bridgehead atoms. The summed E-state index contributed by atoms with van der Waals surface area (Å²) < 4.78 is 1.22. The number of hydrogen-bond donors (Lipinski definition) is 0. The van der Waals surface area contributed by atoms with Crippen LogP contribution in [0.2, 0.25) is 0 Å². The van der Waals surface area contributed by atoms with E-state index in [0.717, 1.165) is 18.2 Å². The van der Waals surface area contributed by atoms with Gasteiger partial charge in [-0.15, -0.1) is 11.3 Å². The van der Waals surface area contributed by atoms with Crippen molar-refractivity contribution in [2.45, 2.75) is 12.8 Å². The first kappa shape index (κ1) is 13.3. The predicted octanol–water partition coefficient (Wildman–Crippen LogP) is 5.31. The molecule has 0 fully saturated rings. The highest BCUT2D eigenvalue weighted by Crippen LogP contribution is 2.24. The molecule has 17 heavy (non-hydrogen) atoms. The first-order valence-corrected chi connectivity index (χ1v) is 8.40. The van der Waals surface area contributed by atoms with E-state index in [2.05, 4.69) is 73.6 Å². The van der Waals surface area contributed by atoms with Crippen molar-refractivity contribution in [2.24, 2.45) is 5.92 Å². The molecule has 0 saturated carbocycles. The Hall–Kier alpha value is -0.120. The van der Waals surface area contributed by atoms with Gasteiger partial charge in [-0.1, -0.05) is 56.1 Å². The van der Waals surface area contributed by atoms with Gasteiger partial charge in [0.25, 0.3) is 0 Å². The molecule has 0 radical (unpaired) electrons. The van der Waals surface area contributed by atoms with Crippen molar-refractivity contribution in [2.75, 3.05) is 5.33 Å². The van der Waals surface area contributed by atoms with E-state index >= 15 is 0 Å². The summed E-state index contributed by atoms with van der Waals surface area (Å²) in [6.45, 7) is 0. The van der Waals surface area contributed by atoms with E-state index in [1.165, 1.54) is 14.9 Å². The van der Waals surface area contributed by atoms with Gasteiger partial charge in [-0.05, 0) is 41.8 Å². The average Bonchev–Trinajstić information content (AvgIpc) is 2.84. The molecule has 0 spiro atoms. The summed E-state index contributed by atoms with van der Waals surface area (Å²) in [6.07, 6.45) is 2.27. The maximum absolute atomic E-state index is 3.63. The topological polar surface area (TPSA) is 0 Å². The van der Waals surface area contributed by atoms with E-state index in [-0.39, 0.29) is 0 Å². The highest BCUT2D eigenvalue weighted by molar-refractivity contribution is 9.10. The summed E-state index contributed by atoms with van der Waals surface area (Å²) >= 11 is 9.10. The Kier molecular flexibility index (Phi) is 5.26. The van der Waals surface area contributed by atoms with Crippen molar-refractivity contribution in [3.05, 3.63) is 56.7 Å². The Labute approximate surface area is 123 Å². The number of benzene rings is 1. The van der Waals surface area contributed by atoms with E-state index in [0.29, 0.717) is 5.92 Å². The zero-order valence-electron chi connectivity index (χ0n) is 9.40. The molecule has 1 unspecified atom stereocenters. The minimum atomic E-state index is 0.660. The van der Waals surface area contributed by atoms with Crippen LogP contribution in [-0.4, -0.2) is 5.33 Å². The lowest BCUT2D eigenvalue weighted by Crippen LogP contribution is -2.09. The third-order valence-corrected chi connectivity index (χ3v) is 5.34. The molecule has 90 valence electrons. The highest BCUT2D eigenvalue weighted by Gasteiger charge is 2.11.